The summed E-state index contributed by atoms with van der Waals surface area (Å²) in [5.74, 6) is -1.35. The molecule has 0 aromatic rings. The number of nitrogens with one attached hydrogen (secondary N) is 1. The van der Waals surface area contributed by atoms with Gasteiger partial charge in [-0.3, -0.25) is 0 Å². The fraction of sp³-hybridized carbons (Fsp3) is 0.818. The third-order valence-electron chi connectivity index (χ3n) is 2.83. The van der Waals surface area contributed by atoms with Crippen molar-refractivity contribution in [2.75, 3.05) is 26.7 Å². The fourth-order valence-electron chi connectivity index (χ4n) is 1.75. The summed E-state index contributed by atoms with van der Waals surface area (Å²) in [5.41, 5.74) is 0. The van der Waals surface area contributed by atoms with Gasteiger partial charge >= 0.3 is 12.0 Å². The lowest BCUT2D eigenvalue weighted by molar-refractivity contribution is -0.146. The Labute approximate surface area is 106 Å². The van der Waals surface area contributed by atoms with E-state index < -0.39 is 18.1 Å². The first-order valence-corrected chi connectivity index (χ1v) is 6.02. The molecule has 2 amide bonds. The van der Waals surface area contributed by atoms with Crippen LogP contribution < -0.4 is 5.32 Å². The van der Waals surface area contributed by atoms with Crippen molar-refractivity contribution < 1.29 is 24.5 Å². The van der Waals surface area contributed by atoms with Crippen molar-refractivity contribution in [3.05, 3.63) is 0 Å². The van der Waals surface area contributed by atoms with E-state index in [-0.39, 0.29) is 12.6 Å². The minimum Gasteiger partial charge on any atom is -0.479 e. The van der Waals surface area contributed by atoms with E-state index in [2.05, 4.69) is 5.32 Å². The van der Waals surface area contributed by atoms with E-state index in [0.717, 1.165) is 25.9 Å². The first-order valence-electron chi connectivity index (χ1n) is 6.02. The number of aliphatic carboxylic acids is 1. The number of likely N-dealkylation sites (N-methyl/N-ethyl adjacent to an activating group) is 1. The first-order chi connectivity index (χ1) is 8.50. The van der Waals surface area contributed by atoms with E-state index >= 15 is 0 Å². The fourth-order valence-corrected chi connectivity index (χ4v) is 1.75. The van der Waals surface area contributed by atoms with Crippen LogP contribution >= 0.6 is 0 Å². The number of urea groups is 1. The van der Waals surface area contributed by atoms with Crippen LogP contribution in [0.3, 0.4) is 0 Å². The molecule has 104 valence electrons. The van der Waals surface area contributed by atoms with Gasteiger partial charge in [0.1, 0.15) is 0 Å². The lowest BCUT2D eigenvalue weighted by Gasteiger charge is -2.27. The number of carboxylic acids is 1. The van der Waals surface area contributed by atoms with Gasteiger partial charge < -0.3 is 25.2 Å². The Hall–Kier alpha value is -1.34. The second-order valence-electron chi connectivity index (χ2n) is 4.41. The van der Waals surface area contributed by atoms with E-state index in [1.165, 1.54) is 4.90 Å². The largest absolute Gasteiger partial charge is 0.479 e. The zero-order chi connectivity index (χ0) is 13.5. The van der Waals surface area contributed by atoms with Crippen molar-refractivity contribution in [2.24, 2.45) is 0 Å². The van der Waals surface area contributed by atoms with Crippen molar-refractivity contribution in [3.8, 4) is 0 Å². The van der Waals surface area contributed by atoms with E-state index in [4.69, 9.17) is 14.9 Å². The van der Waals surface area contributed by atoms with E-state index in [9.17, 15) is 9.59 Å². The van der Waals surface area contributed by atoms with Gasteiger partial charge in [-0.05, 0) is 19.3 Å². The molecular formula is C11H20N2O5. The number of aliphatic hydroxyl groups is 1. The maximum absolute atomic E-state index is 11.6. The topological polar surface area (TPSA) is 99.1 Å². The minimum absolute atomic E-state index is 0.0406. The minimum atomic E-state index is -1.58. The van der Waals surface area contributed by atoms with Crippen LogP contribution in [0.5, 0.6) is 0 Å². The summed E-state index contributed by atoms with van der Waals surface area (Å²) >= 11 is 0. The molecule has 0 bridgehead atoms. The molecule has 0 aliphatic carbocycles. The Balaban J connectivity index is 2.25. The number of aliphatic hydroxyl groups excluding tert-OH is 1. The van der Waals surface area contributed by atoms with Crippen LogP contribution in [0.4, 0.5) is 4.79 Å². The maximum atomic E-state index is 11.6. The number of nitrogens with zero attached hydrogens (tertiary/aromatic N) is 1. The molecule has 0 saturated carbocycles. The molecule has 0 radical (unpaired) electrons. The third kappa shape index (κ3) is 4.89. The molecule has 7 nitrogen and oxygen atoms in total. The molecule has 0 spiro atoms. The second-order valence-corrected chi connectivity index (χ2v) is 4.41. The number of carboxylic acid groups (broad SMARTS) is 1. The van der Waals surface area contributed by atoms with E-state index in [1.807, 2.05) is 0 Å². The molecule has 18 heavy (non-hydrogen) atoms. The van der Waals surface area contributed by atoms with Crippen LogP contribution in [0, 0.1) is 0 Å². The Morgan fingerprint density at radius 3 is 2.78 bits per heavy atom. The molecule has 1 rings (SSSR count). The van der Waals surface area contributed by atoms with Gasteiger partial charge in [-0.1, -0.05) is 0 Å². The van der Waals surface area contributed by atoms with Crippen molar-refractivity contribution in [3.63, 3.8) is 0 Å². The highest BCUT2D eigenvalue weighted by Crippen LogP contribution is 2.13. The number of hydrogen-bond donors (Lipinski definition) is 3. The van der Waals surface area contributed by atoms with E-state index in [0.29, 0.717) is 6.54 Å². The third-order valence-corrected chi connectivity index (χ3v) is 2.83. The Morgan fingerprint density at radius 2 is 2.22 bits per heavy atom. The predicted octanol–water partition coefficient (Wildman–Crippen LogP) is -0.358. The number of ether oxygens (including phenoxy) is 1. The summed E-state index contributed by atoms with van der Waals surface area (Å²) in [6, 6.07) is -0.413. The summed E-state index contributed by atoms with van der Waals surface area (Å²) in [5, 5.41) is 19.8. The van der Waals surface area contributed by atoms with Crippen molar-refractivity contribution in [1.82, 2.24) is 10.2 Å². The van der Waals surface area contributed by atoms with E-state index in [1.54, 1.807) is 7.05 Å². The smallest absolute Gasteiger partial charge is 0.334 e. The molecule has 1 fully saturated rings. The zero-order valence-corrected chi connectivity index (χ0v) is 10.5. The highest BCUT2D eigenvalue weighted by atomic mass is 16.5. The van der Waals surface area contributed by atoms with Crippen LogP contribution in [0.1, 0.15) is 19.3 Å². The second kappa shape index (κ2) is 7.17. The van der Waals surface area contributed by atoms with Crippen molar-refractivity contribution in [2.45, 2.75) is 31.5 Å². The molecule has 1 aliphatic heterocycles. The molecule has 2 atom stereocenters. The first kappa shape index (κ1) is 14.7. The Kier molecular flexibility index (Phi) is 5.87. The molecule has 2 unspecified atom stereocenters. The predicted molar refractivity (Wildman–Crippen MR) is 63.3 cm³/mol. The van der Waals surface area contributed by atoms with Crippen molar-refractivity contribution >= 4 is 12.0 Å². The molecule has 0 aromatic carbocycles. The molecule has 0 aromatic heterocycles. The van der Waals surface area contributed by atoms with Gasteiger partial charge in [0.05, 0.1) is 12.6 Å². The van der Waals surface area contributed by atoms with Gasteiger partial charge in [0, 0.05) is 20.2 Å². The maximum Gasteiger partial charge on any atom is 0.334 e. The van der Waals surface area contributed by atoms with Crippen LogP contribution in [-0.2, 0) is 9.53 Å². The lowest BCUT2D eigenvalue weighted by atomic mass is 10.1. The Morgan fingerprint density at radius 1 is 1.50 bits per heavy atom. The standard InChI is InChI=1S/C11H20N2O5/c1-13(7-8-4-2-3-5-18-8)11(17)12-6-9(14)10(15)16/h8-9,14H,2-7H2,1H3,(H,12,17)(H,15,16). The highest BCUT2D eigenvalue weighted by Gasteiger charge is 2.20. The van der Waals surface area contributed by atoms with Gasteiger partial charge in [0.2, 0.25) is 0 Å². The molecule has 1 saturated heterocycles. The van der Waals surface area contributed by atoms with Crippen LogP contribution in [-0.4, -0.2) is 66.1 Å². The number of hydrogen-bond acceptors (Lipinski definition) is 4. The van der Waals surface area contributed by atoms with Gasteiger partial charge in [-0.2, -0.15) is 0 Å². The Bertz CT molecular complexity index is 291. The monoisotopic (exact) mass is 260 g/mol. The SMILES string of the molecule is CN(CC1CCCCO1)C(=O)NCC(O)C(=O)O. The number of carbonyl (C=O) groups is 2. The molecular weight excluding hydrogens is 240 g/mol. The van der Waals surface area contributed by atoms with Crippen LogP contribution in [0.25, 0.3) is 0 Å². The summed E-state index contributed by atoms with van der Waals surface area (Å²) in [6.07, 6.45) is 1.54. The van der Waals surface area contributed by atoms with Gasteiger partial charge in [-0.25, -0.2) is 9.59 Å². The lowest BCUT2D eigenvalue weighted by Crippen LogP contribution is -2.45. The normalized spacial score (nSPS) is 21.1. The summed E-state index contributed by atoms with van der Waals surface area (Å²) in [7, 11) is 1.61. The number of carbonyl (C=O) groups excluding carboxylic acids is 1. The quantitative estimate of drug-likeness (QED) is 0.627. The zero-order valence-electron chi connectivity index (χ0n) is 10.5. The molecule has 3 N–H and O–H groups in total. The van der Waals surface area contributed by atoms with Gasteiger partial charge in [0.25, 0.3) is 0 Å². The average molecular weight is 260 g/mol. The number of amides is 2. The average Bonchev–Trinajstić information content (AvgIpc) is 2.36. The molecule has 1 aliphatic rings. The van der Waals surface area contributed by atoms with Crippen LogP contribution in [0.2, 0.25) is 0 Å². The summed E-state index contributed by atoms with van der Waals surface area (Å²) < 4.78 is 5.50. The van der Waals surface area contributed by atoms with Crippen LogP contribution in [0.15, 0.2) is 0 Å². The molecule has 7 heteroatoms. The number of rotatable bonds is 5. The van der Waals surface area contributed by atoms with Crippen molar-refractivity contribution in [1.29, 1.82) is 0 Å². The van der Waals surface area contributed by atoms with Gasteiger partial charge in [-0.15, -0.1) is 0 Å². The summed E-state index contributed by atoms with van der Waals surface area (Å²) in [4.78, 5) is 23.4. The highest BCUT2D eigenvalue weighted by molar-refractivity contribution is 5.76. The molecule has 1 heterocycles. The summed E-state index contributed by atoms with van der Waals surface area (Å²) in [6.45, 7) is 0.886. The van der Waals surface area contributed by atoms with Gasteiger partial charge in [0.15, 0.2) is 6.10 Å².